The molecule has 3 nitrogen and oxygen atoms in total. The van der Waals surface area contributed by atoms with E-state index in [0.717, 1.165) is 25.8 Å². The van der Waals surface area contributed by atoms with Crippen molar-refractivity contribution in [3.63, 3.8) is 0 Å². The highest BCUT2D eigenvalue weighted by molar-refractivity contribution is 7.92. The monoisotopic (exact) mass is 263 g/mol. The van der Waals surface area contributed by atoms with E-state index >= 15 is 0 Å². The summed E-state index contributed by atoms with van der Waals surface area (Å²) >= 11 is 0. The first-order chi connectivity index (χ1) is 7.91. The van der Waals surface area contributed by atoms with Gasteiger partial charge in [-0.25, -0.2) is 8.42 Å². The fourth-order valence-electron chi connectivity index (χ4n) is 2.16. The van der Waals surface area contributed by atoms with Gasteiger partial charge in [-0.05, 0) is 39.7 Å². The van der Waals surface area contributed by atoms with Crippen molar-refractivity contribution in [2.45, 2.75) is 76.8 Å². The molecule has 0 bridgehead atoms. The zero-order chi connectivity index (χ0) is 13.5. The second-order valence-corrected chi connectivity index (χ2v) is 7.66. The molecular weight excluding hydrogens is 234 g/mol. The van der Waals surface area contributed by atoms with E-state index in [4.69, 9.17) is 0 Å². The van der Waals surface area contributed by atoms with E-state index in [1.54, 1.807) is 13.8 Å². The van der Waals surface area contributed by atoms with Crippen molar-refractivity contribution in [3.05, 3.63) is 0 Å². The van der Waals surface area contributed by atoms with Crippen LogP contribution < -0.4 is 5.32 Å². The Labute approximate surface area is 107 Å². The van der Waals surface area contributed by atoms with Crippen LogP contribution >= 0.6 is 0 Å². The van der Waals surface area contributed by atoms with Crippen LogP contribution in [0.1, 0.15) is 60.3 Å². The van der Waals surface area contributed by atoms with Crippen LogP contribution in [0.25, 0.3) is 0 Å². The molecule has 2 unspecified atom stereocenters. The lowest BCUT2D eigenvalue weighted by molar-refractivity contribution is 0.434. The molecule has 0 aliphatic heterocycles. The summed E-state index contributed by atoms with van der Waals surface area (Å²) < 4.78 is 24.6. The molecule has 0 saturated heterocycles. The van der Waals surface area contributed by atoms with E-state index in [1.807, 2.05) is 6.92 Å². The number of rotatable bonds is 9. The Kier molecular flexibility index (Phi) is 8.05. The third-order valence-corrected chi connectivity index (χ3v) is 6.01. The summed E-state index contributed by atoms with van der Waals surface area (Å²) in [5, 5.41) is 2.88. The molecule has 0 radical (unpaired) electrons. The molecular formula is C13H29NO2S. The molecule has 0 aliphatic rings. The third kappa shape index (κ3) is 4.96. The molecule has 0 rings (SSSR count). The van der Waals surface area contributed by atoms with Crippen LogP contribution in [0.2, 0.25) is 0 Å². The molecule has 0 fully saturated rings. The first-order valence-electron chi connectivity index (χ1n) is 6.87. The molecule has 17 heavy (non-hydrogen) atoms. The van der Waals surface area contributed by atoms with E-state index in [2.05, 4.69) is 19.2 Å². The normalized spacial score (nSPS) is 16.1. The summed E-state index contributed by atoms with van der Waals surface area (Å²) in [7, 11) is -3.00. The molecule has 0 heterocycles. The third-order valence-electron chi connectivity index (χ3n) is 3.19. The van der Waals surface area contributed by atoms with E-state index in [0.29, 0.717) is 6.42 Å². The first-order valence-corrected chi connectivity index (χ1v) is 8.48. The molecule has 2 atom stereocenters. The van der Waals surface area contributed by atoms with Gasteiger partial charge < -0.3 is 5.32 Å². The molecule has 104 valence electrons. The van der Waals surface area contributed by atoms with Crippen LogP contribution in [0.3, 0.4) is 0 Å². The summed E-state index contributed by atoms with van der Waals surface area (Å²) in [6.07, 6.45) is 3.69. The van der Waals surface area contributed by atoms with Gasteiger partial charge in [-0.3, -0.25) is 0 Å². The van der Waals surface area contributed by atoms with Crippen LogP contribution in [0.5, 0.6) is 0 Å². The fourth-order valence-corrected chi connectivity index (χ4v) is 4.01. The number of sulfone groups is 1. The average Bonchev–Trinajstić information content (AvgIpc) is 2.26. The van der Waals surface area contributed by atoms with Gasteiger partial charge >= 0.3 is 0 Å². The maximum atomic E-state index is 12.3. The van der Waals surface area contributed by atoms with Gasteiger partial charge in [0, 0.05) is 6.04 Å². The van der Waals surface area contributed by atoms with Crippen LogP contribution in [0.4, 0.5) is 0 Å². The van der Waals surface area contributed by atoms with Gasteiger partial charge in [0.1, 0.15) is 0 Å². The quantitative estimate of drug-likeness (QED) is 0.696. The smallest absolute Gasteiger partial charge is 0.156 e. The Morgan fingerprint density at radius 2 is 1.65 bits per heavy atom. The van der Waals surface area contributed by atoms with Gasteiger partial charge in [-0.15, -0.1) is 0 Å². The number of nitrogens with one attached hydrogen (secondary N) is 1. The highest BCUT2D eigenvalue weighted by Gasteiger charge is 2.33. The lowest BCUT2D eigenvalue weighted by Crippen LogP contribution is -2.46. The summed E-state index contributed by atoms with van der Waals surface area (Å²) in [4.78, 5) is 0. The van der Waals surface area contributed by atoms with E-state index in [1.165, 1.54) is 0 Å². The minimum Gasteiger partial charge on any atom is -0.313 e. The second-order valence-electron chi connectivity index (χ2n) is 4.93. The Bertz CT molecular complexity index is 286. The maximum Gasteiger partial charge on any atom is 0.156 e. The molecule has 0 aromatic rings. The van der Waals surface area contributed by atoms with Crippen LogP contribution in [0.15, 0.2) is 0 Å². The average molecular weight is 263 g/mol. The van der Waals surface area contributed by atoms with Gasteiger partial charge in [-0.1, -0.05) is 27.2 Å². The minimum absolute atomic E-state index is 0.109. The van der Waals surface area contributed by atoms with E-state index < -0.39 is 9.84 Å². The van der Waals surface area contributed by atoms with Crippen LogP contribution in [-0.4, -0.2) is 31.5 Å². The first kappa shape index (κ1) is 16.9. The summed E-state index contributed by atoms with van der Waals surface area (Å²) in [5.41, 5.74) is 0. The molecule has 0 saturated carbocycles. The standard InChI is InChI=1S/C13H29NO2S/c1-6-9-12(14-10-7-2)13(8-3)17(15,16)11(4)5/h11-14H,6-10H2,1-5H3. The van der Waals surface area contributed by atoms with Crippen molar-refractivity contribution in [3.8, 4) is 0 Å². The lowest BCUT2D eigenvalue weighted by Gasteiger charge is -2.28. The Morgan fingerprint density at radius 1 is 1.06 bits per heavy atom. The Morgan fingerprint density at radius 3 is 2.00 bits per heavy atom. The van der Waals surface area contributed by atoms with Gasteiger partial charge in [0.25, 0.3) is 0 Å². The predicted octanol–water partition coefficient (Wildman–Crippen LogP) is 2.76. The topological polar surface area (TPSA) is 46.2 Å². The van der Waals surface area contributed by atoms with Crippen molar-refractivity contribution in [2.75, 3.05) is 6.54 Å². The molecule has 0 aliphatic carbocycles. The van der Waals surface area contributed by atoms with Crippen molar-refractivity contribution in [2.24, 2.45) is 0 Å². The molecule has 4 heteroatoms. The lowest BCUT2D eigenvalue weighted by atomic mass is 10.1. The molecule has 0 aromatic heterocycles. The summed E-state index contributed by atoms with van der Waals surface area (Å²) in [6.45, 7) is 10.6. The van der Waals surface area contributed by atoms with E-state index in [-0.39, 0.29) is 16.5 Å². The predicted molar refractivity (Wildman–Crippen MR) is 75.1 cm³/mol. The van der Waals surface area contributed by atoms with Crippen molar-refractivity contribution in [1.82, 2.24) is 5.32 Å². The second kappa shape index (κ2) is 8.09. The van der Waals surface area contributed by atoms with Crippen LogP contribution in [-0.2, 0) is 9.84 Å². The Balaban J connectivity index is 4.89. The summed E-state index contributed by atoms with van der Waals surface area (Å²) in [5.74, 6) is 0. The highest BCUT2D eigenvalue weighted by atomic mass is 32.2. The van der Waals surface area contributed by atoms with E-state index in [9.17, 15) is 8.42 Å². The minimum atomic E-state index is -3.00. The van der Waals surface area contributed by atoms with Crippen LogP contribution in [0, 0.1) is 0 Å². The fraction of sp³-hybridized carbons (Fsp3) is 1.00. The highest BCUT2D eigenvalue weighted by Crippen LogP contribution is 2.19. The molecule has 1 N–H and O–H groups in total. The van der Waals surface area contributed by atoms with Gasteiger partial charge in [0.15, 0.2) is 9.84 Å². The van der Waals surface area contributed by atoms with Crippen molar-refractivity contribution in [1.29, 1.82) is 0 Å². The largest absolute Gasteiger partial charge is 0.313 e. The zero-order valence-electron chi connectivity index (χ0n) is 12.0. The zero-order valence-corrected chi connectivity index (χ0v) is 12.8. The van der Waals surface area contributed by atoms with Gasteiger partial charge in [0.05, 0.1) is 10.5 Å². The SMILES string of the molecule is CCCNC(CCC)C(CC)S(=O)(=O)C(C)C. The maximum absolute atomic E-state index is 12.3. The van der Waals surface area contributed by atoms with Crippen molar-refractivity contribution >= 4 is 9.84 Å². The summed E-state index contributed by atoms with van der Waals surface area (Å²) in [6, 6.07) is 0.109. The van der Waals surface area contributed by atoms with Gasteiger partial charge in [0.2, 0.25) is 0 Å². The Hall–Kier alpha value is -0.0900. The number of hydrogen-bond donors (Lipinski definition) is 1. The molecule has 0 spiro atoms. The number of hydrogen-bond acceptors (Lipinski definition) is 3. The molecule has 0 amide bonds. The van der Waals surface area contributed by atoms with Gasteiger partial charge in [-0.2, -0.15) is 0 Å². The molecule has 0 aromatic carbocycles. The van der Waals surface area contributed by atoms with Crippen molar-refractivity contribution < 1.29 is 8.42 Å².